The van der Waals surface area contributed by atoms with E-state index in [1.807, 2.05) is 30.0 Å². The van der Waals surface area contributed by atoms with Crippen molar-refractivity contribution in [3.8, 4) is 0 Å². The summed E-state index contributed by atoms with van der Waals surface area (Å²) in [5.41, 5.74) is 7.98. The molecule has 0 bridgehead atoms. The van der Waals surface area contributed by atoms with Crippen LogP contribution in [0.4, 0.5) is 0 Å². The largest absolute Gasteiger partial charge is 0.338 e. The number of amides is 1. The molecule has 3 heteroatoms. The van der Waals surface area contributed by atoms with Gasteiger partial charge in [-0.2, -0.15) is 0 Å². The van der Waals surface area contributed by atoms with Gasteiger partial charge in [-0.25, -0.2) is 0 Å². The van der Waals surface area contributed by atoms with Gasteiger partial charge in [-0.3, -0.25) is 4.79 Å². The SMILES string of the molecule is Cc1cccc(CC(=O)N2CCC[C@H]2CN)c1. The van der Waals surface area contributed by atoms with E-state index in [0.717, 1.165) is 24.9 Å². The van der Waals surface area contributed by atoms with Crippen molar-refractivity contribution in [3.05, 3.63) is 35.4 Å². The van der Waals surface area contributed by atoms with E-state index in [1.165, 1.54) is 5.56 Å². The predicted octanol–water partition coefficient (Wildman–Crippen LogP) is 1.49. The summed E-state index contributed by atoms with van der Waals surface area (Å²) < 4.78 is 0. The number of carbonyl (C=O) groups excluding carboxylic acids is 1. The Balaban J connectivity index is 2.01. The van der Waals surface area contributed by atoms with Gasteiger partial charge in [0, 0.05) is 19.1 Å². The molecule has 1 aliphatic rings. The topological polar surface area (TPSA) is 46.3 Å². The van der Waals surface area contributed by atoms with Crippen LogP contribution in [0, 0.1) is 6.92 Å². The van der Waals surface area contributed by atoms with Gasteiger partial charge in [-0.15, -0.1) is 0 Å². The molecular weight excluding hydrogens is 212 g/mol. The van der Waals surface area contributed by atoms with E-state index in [0.29, 0.717) is 13.0 Å². The Morgan fingerprint density at radius 1 is 1.53 bits per heavy atom. The fourth-order valence-electron chi connectivity index (χ4n) is 2.51. The van der Waals surface area contributed by atoms with Gasteiger partial charge in [-0.05, 0) is 25.3 Å². The highest BCUT2D eigenvalue weighted by atomic mass is 16.2. The molecule has 0 spiro atoms. The molecule has 0 saturated carbocycles. The maximum absolute atomic E-state index is 12.2. The number of aryl methyl sites for hydroxylation is 1. The van der Waals surface area contributed by atoms with Crippen LogP contribution in [-0.4, -0.2) is 29.9 Å². The highest BCUT2D eigenvalue weighted by molar-refractivity contribution is 5.79. The zero-order valence-corrected chi connectivity index (χ0v) is 10.4. The minimum Gasteiger partial charge on any atom is -0.338 e. The first kappa shape index (κ1) is 12.1. The molecule has 3 nitrogen and oxygen atoms in total. The number of nitrogens with two attached hydrogens (primary N) is 1. The third kappa shape index (κ3) is 2.86. The summed E-state index contributed by atoms with van der Waals surface area (Å²) in [6.07, 6.45) is 2.63. The van der Waals surface area contributed by atoms with Crippen molar-refractivity contribution >= 4 is 5.91 Å². The second kappa shape index (κ2) is 5.32. The summed E-state index contributed by atoms with van der Waals surface area (Å²) in [5.74, 6) is 0.212. The maximum Gasteiger partial charge on any atom is 0.227 e. The van der Waals surface area contributed by atoms with Crippen LogP contribution in [0.15, 0.2) is 24.3 Å². The molecule has 0 unspecified atom stereocenters. The minimum atomic E-state index is 0.212. The van der Waals surface area contributed by atoms with E-state index in [4.69, 9.17) is 5.73 Å². The Morgan fingerprint density at radius 3 is 3.06 bits per heavy atom. The van der Waals surface area contributed by atoms with Crippen LogP contribution >= 0.6 is 0 Å². The monoisotopic (exact) mass is 232 g/mol. The Kier molecular flexibility index (Phi) is 3.79. The summed E-state index contributed by atoms with van der Waals surface area (Å²) in [6.45, 7) is 3.50. The summed E-state index contributed by atoms with van der Waals surface area (Å²) in [5, 5.41) is 0. The van der Waals surface area contributed by atoms with Crippen molar-refractivity contribution in [3.63, 3.8) is 0 Å². The van der Waals surface area contributed by atoms with Crippen LogP contribution < -0.4 is 5.73 Å². The second-order valence-electron chi connectivity index (χ2n) is 4.78. The standard InChI is InChI=1S/C14H20N2O/c1-11-4-2-5-12(8-11)9-14(17)16-7-3-6-13(16)10-15/h2,4-5,8,13H,3,6-7,9-10,15H2,1H3/t13-/m0/s1. The average molecular weight is 232 g/mol. The highest BCUT2D eigenvalue weighted by Crippen LogP contribution is 2.17. The van der Waals surface area contributed by atoms with E-state index in [9.17, 15) is 4.79 Å². The zero-order chi connectivity index (χ0) is 12.3. The Morgan fingerprint density at radius 2 is 2.35 bits per heavy atom. The van der Waals surface area contributed by atoms with Gasteiger partial charge < -0.3 is 10.6 Å². The van der Waals surface area contributed by atoms with Crippen LogP contribution in [0.2, 0.25) is 0 Å². The number of benzene rings is 1. The number of likely N-dealkylation sites (tertiary alicyclic amines) is 1. The fourth-order valence-corrected chi connectivity index (χ4v) is 2.51. The maximum atomic E-state index is 12.2. The number of hydrogen-bond acceptors (Lipinski definition) is 2. The van der Waals surface area contributed by atoms with Crippen LogP contribution in [0.5, 0.6) is 0 Å². The van der Waals surface area contributed by atoms with E-state index in [-0.39, 0.29) is 11.9 Å². The molecule has 17 heavy (non-hydrogen) atoms. The van der Waals surface area contributed by atoms with Gasteiger partial charge in [-0.1, -0.05) is 29.8 Å². The first-order valence-electron chi connectivity index (χ1n) is 6.26. The highest BCUT2D eigenvalue weighted by Gasteiger charge is 2.27. The third-order valence-electron chi connectivity index (χ3n) is 3.41. The molecular formula is C14H20N2O. The molecule has 1 aromatic rings. The van der Waals surface area contributed by atoms with Crippen molar-refractivity contribution < 1.29 is 4.79 Å². The van der Waals surface area contributed by atoms with Gasteiger partial charge in [0.05, 0.1) is 6.42 Å². The fraction of sp³-hybridized carbons (Fsp3) is 0.500. The smallest absolute Gasteiger partial charge is 0.227 e. The summed E-state index contributed by atoms with van der Waals surface area (Å²) in [4.78, 5) is 14.1. The number of nitrogens with zero attached hydrogens (tertiary/aromatic N) is 1. The van der Waals surface area contributed by atoms with E-state index in [1.54, 1.807) is 0 Å². The first-order valence-corrected chi connectivity index (χ1v) is 6.26. The average Bonchev–Trinajstić information content (AvgIpc) is 2.77. The van der Waals surface area contributed by atoms with Gasteiger partial charge in [0.2, 0.25) is 5.91 Å². The Hall–Kier alpha value is -1.35. The molecule has 1 amide bonds. The normalized spacial score (nSPS) is 19.6. The van der Waals surface area contributed by atoms with Crippen LogP contribution in [0.1, 0.15) is 24.0 Å². The quantitative estimate of drug-likeness (QED) is 0.858. The van der Waals surface area contributed by atoms with Crippen LogP contribution in [0.3, 0.4) is 0 Å². The summed E-state index contributed by atoms with van der Waals surface area (Å²) in [7, 11) is 0. The van der Waals surface area contributed by atoms with Crippen molar-refractivity contribution in [1.29, 1.82) is 0 Å². The number of rotatable bonds is 3. The first-order chi connectivity index (χ1) is 8.20. The molecule has 2 N–H and O–H groups in total. The molecule has 0 aromatic heterocycles. The molecule has 1 atom stereocenters. The van der Waals surface area contributed by atoms with Crippen LogP contribution in [-0.2, 0) is 11.2 Å². The Labute approximate surface area is 103 Å². The lowest BCUT2D eigenvalue weighted by atomic mass is 10.1. The summed E-state index contributed by atoms with van der Waals surface area (Å²) >= 11 is 0. The lowest BCUT2D eigenvalue weighted by molar-refractivity contribution is -0.131. The number of carbonyl (C=O) groups is 1. The van der Waals surface area contributed by atoms with E-state index >= 15 is 0 Å². The molecule has 92 valence electrons. The van der Waals surface area contributed by atoms with E-state index < -0.39 is 0 Å². The molecule has 1 aliphatic heterocycles. The summed E-state index contributed by atoms with van der Waals surface area (Å²) in [6, 6.07) is 8.39. The molecule has 1 fully saturated rings. The zero-order valence-electron chi connectivity index (χ0n) is 10.4. The molecule has 0 aliphatic carbocycles. The minimum absolute atomic E-state index is 0.212. The molecule has 0 radical (unpaired) electrons. The van der Waals surface area contributed by atoms with Crippen molar-refractivity contribution in [2.75, 3.05) is 13.1 Å². The molecule has 2 rings (SSSR count). The second-order valence-corrected chi connectivity index (χ2v) is 4.78. The van der Waals surface area contributed by atoms with Crippen molar-refractivity contribution in [1.82, 2.24) is 4.90 Å². The molecule has 1 aromatic carbocycles. The number of hydrogen-bond donors (Lipinski definition) is 1. The Bertz CT molecular complexity index is 403. The van der Waals surface area contributed by atoms with Crippen molar-refractivity contribution in [2.45, 2.75) is 32.2 Å². The van der Waals surface area contributed by atoms with Gasteiger partial charge >= 0.3 is 0 Å². The van der Waals surface area contributed by atoms with Gasteiger partial charge in [0.25, 0.3) is 0 Å². The van der Waals surface area contributed by atoms with Gasteiger partial charge in [0.1, 0.15) is 0 Å². The predicted molar refractivity (Wildman–Crippen MR) is 68.7 cm³/mol. The molecule has 1 heterocycles. The van der Waals surface area contributed by atoms with Gasteiger partial charge in [0.15, 0.2) is 0 Å². The lowest BCUT2D eigenvalue weighted by Crippen LogP contribution is -2.40. The molecule has 1 saturated heterocycles. The van der Waals surface area contributed by atoms with Crippen molar-refractivity contribution in [2.24, 2.45) is 5.73 Å². The van der Waals surface area contributed by atoms with E-state index in [2.05, 4.69) is 6.07 Å². The van der Waals surface area contributed by atoms with Crippen LogP contribution in [0.25, 0.3) is 0 Å². The lowest BCUT2D eigenvalue weighted by Gasteiger charge is -2.23. The third-order valence-corrected chi connectivity index (χ3v) is 3.41.